The maximum absolute atomic E-state index is 12.2. The topological polar surface area (TPSA) is 79.9 Å². The minimum Gasteiger partial charge on any atom is -0.495 e. The fourth-order valence-corrected chi connectivity index (χ4v) is 3.00. The van der Waals surface area contributed by atoms with E-state index in [9.17, 15) is 9.59 Å². The van der Waals surface area contributed by atoms with Crippen molar-refractivity contribution < 1.29 is 19.1 Å². The van der Waals surface area contributed by atoms with Crippen LogP contribution in [-0.2, 0) is 9.53 Å². The summed E-state index contributed by atoms with van der Waals surface area (Å²) in [4.78, 5) is 25.6. The van der Waals surface area contributed by atoms with E-state index >= 15 is 0 Å². The van der Waals surface area contributed by atoms with Crippen molar-refractivity contribution in [2.24, 2.45) is 0 Å². The molecule has 2 N–H and O–H groups in total. The largest absolute Gasteiger partial charge is 0.495 e. The Hall–Kier alpha value is -1.99. The van der Waals surface area contributed by atoms with E-state index in [-0.39, 0.29) is 24.6 Å². The zero-order chi connectivity index (χ0) is 19.1. The second kappa shape index (κ2) is 9.64. The molecule has 0 saturated carbocycles. The Morgan fingerprint density at radius 2 is 2.00 bits per heavy atom. The van der Waals surface area contributed by atoms with Crippen LogP contribution in [0.4, 0.5) is 10.5 Å². The van der Waals surface area contributed by atoms with Gasteiger partial charge in [-0.1, -0.05) is 11.6 Å². The van der Waals surface area contributed by atoms with Gasteiger partial charge in [-0.25, -0.2) is 4.79 Å². The molecule has 1 aromatic carbocycles. The molecule has 1 heterocycles. The first-order valence-corrected chi connectivity index (χ1v) is 9.11. The average Bonchev–Trinajstić information content (AvgIpc) is 2.63. The van der Waals surface area contributed by atoms with Crippen LogP contribution in [0.3, 0.4) is 0 Å². The molecule has 2 rings (SSSR count). The minimum absolute atomic E-state index is 0.155. The van der Waals surface area contributed by atoms with Gasteiger partial charge in [0.15, 0.2) is 0 Å². The lowest BCUT2D eigenvalue weighted by Gasteiger charge is -2.31. The van der Waals surface area contributed by atoms with Crippen molar-refractivity contribution in [1.82, 2.24) is 10.2 Å². The highest BCUT2D eigenvalue weighted by molar-refractivity contribution is 6.31. The van der Waals surface area contributed by atoms with E-state index in [0.29, 0.717) is 36.2 Å². The maximum Gasteiger partial charge on any atom is 0.409 e. The van der Waals surface area contributed by atoms with Crippen LogP contribution >= 0.6 is 11.6 Å². The molecule has 8 heteroatoms. The molecule has 7 nitrogen and oxygen atoms in total. The van der Waals surface area contributed by atoms with Gasteiger partial charge in [0.1, 0.15) is 5.75 Å². The molecule has 1 aliphatic heterocycles. The van der Waals surface area contributed by atoms with Gasteiger partial charge in [0.05, 0.1) is 25.9 Å². The maximum atomic E-state index is 12.2. The summed E-state index contributed by atoms with van der Waals surface area (Å²) in [6, 6.07) is 3.67. The molecule has 1 fully saturated rings. The van der Waals surface area contributed by atoms with E-state index in [2.05, 4.69) is 10.6 Å². The fourth-order valence-electron chi connectivity index (χ4n) is 2.84. The van der Waals surface area contributed by atoms with Crippen LogP contribution in [0.15, 0.2) is 12.1 Å². The third kappa shape index (κ3) is 5.51. The number of carbonyl (C=O) groups excluding carboxylic acids is 2. The number of nitrogens with one attached hydrogen (secondary N) is 2. The summed E-state index contributed by atoms with van der Waals surface area (Å²) in [6.45, 7) is 5.49. The molecule has 144 valence electrons. The number of aryl methyl sites for hydroxylation is 1. The van der Waals surface area contributed by atoms with E-state index < -0.39 is 0 Å². The number of piperidine rings is 1. The van der Waals surface area contributed by atoms with Crippen molar-refractivity contribution in [1.29, 1.82) is 0 Å². The first kappa shape index (κ1) is 20.3. The van der Waals surface area contributed by atoms with E-state index in [1.807, 2.05) is 6.92 Å². The minimum atomic E-state index is -0.270. The Labute approximate surface area is 159 Å². The molecule has 1 aliphatic rings. The second-order valence-electron chi connectivity index (χ2n) is 6.19. The van der Waals surface area contributed by atoms with Crippen molar-refractivity contribution in [2.45, 2.75) is 32.7 Å². The molecule has 1 saturated heterocycles. The van der Waals surface area contributed by atoms with Gasteiger partial charge < -0.3 is 25.0 Å². The quantitative estimate of drug-likeness (QED) is 0.789. The van der Waals surface area contributed by atoms with Gasteiger partial charge >= 0.3 is 6.09 Å². The summed E-state index contributed by atoms with van der Waals surface area (Å²) in [5, 5.41) is 6.67. The molecular weight excluding hydrogens is 358 g/mol. The molecule has 0 bridgehead atoms. The van der Waals surface area contributed by atoms with Gasteiger partial charge in [0, 0.05) is 30.2 Å². The highest BCUT2D eigenvalue weighted by atomic mass is 35.5. The Bertz CT molecular complexity index is 646. The predicted octanol–water partition coefficient (Wildman–Crippen LogP) is 2.81. The van der Waals surface area contributed by atoms with Gasteiger partial charge in [-0.15, -0.1) is 0 Å². The molecule has 2 amide bonds. The summed E-state index contributed by atoms with van der Waals surface area (Å²) >= 11 is 6.08. The summed E-state index contributed by atoms with van der Waals surface area (Å²) in [6.07, 6.45) is 1.30. The number of hydrogen-bond acceptors (Lipinski definition) is 5. The number of likely N-dealkylation sites (tertiary alicyclic amines) is 1. The second-order valence-corrected chi connectivity index (χ2v) is 6.60. The number of hydrogen-bond donors (Lipinski definition) is 2. The van der Waals surface area contributed by atoms with Crippen LogP contribution in [-0.4, -0.2) is 56.3 Å². The summed E-state index contributed by atoms with van der Waals surface area (Å²) in [5.74, 6) is 0.370. The van der Waals surface area contributed by atoms with E-state index in [4.69, 9.17) is 21.1 Å². The molecular formula is C18H26ClN3O4. The highest BCUT2D eigenvalue weighted by Crippen LogP contribution is 2.30. The summed E-state index contributed by atoms with van der Waals surface area (Å²) in [7, 11) is 1.53. The van der Waals surface area contributed by atoms with Crippen molar-refractivity contribution in [2.75, 3.05) is 38.7 Å². The molecule has 1 aromatic rings. The van der Waals surface area contributed by atoms with Crippen LogP contribution in [0, 0.1) is 6.92 Å². The van der Waals surface area contributed by atoms with Gasteiger partial charge in [-0.05, 0) is 38.3 Å². The lowest BCUT2D eigenvalue weighted by Crippen LogP contribution is -2.46. The first-order chi connectivity index (χ1) is 12.4. The van der Waals surface area contributed by atoms with Crippen molar-refractivity contribution in [3.05, 3.63) is 22.7 Å². The molecule has 0 unspecified atom stereocenters. The molecule has 0 aromatic heterocycles. The smallest absolute Gasteiger partial charge is 0.409 e. The predicted molar refractivity (Wildman–Crippen MR) is 101 cm³/mol. The van der Waals surface area contributed by atoms with Crippen LogP contribution in [0.25, 0.3) is 0 Å². The third-order valence-electron chi connectivity index (χ3n) is 4.33. The van der Waals surface area contributed by atoms with Gasteiger partial charge in [0.25, 0.3) is 0 Å². The van der Waals surface area contributed by atoms with Crippen LogP contribution in [0.2, 0.25) is 5.02 Å². The lowest BCUT2D eigenvalue weighted by molar-refractivity contribution is -0.115. The number of ether oxygens (including phenoxy) is 2. The number of benzene rings is 1. The Morgan fingerprint density at radius 3 is 2.62 bits per heavy atom. The van der Waals surface area contributed by atoms with Gasteiger partial charge in [-0.2, -0.15) is 0 Å². The lowest BCUT2D eigenvalue weighted by atomic mass is 10.1. The summed E-state index contributed by atoms with van der Waals surface area (Å²) in [5.41, 5.74) is 1.46. The fraction of sp³-hybridized carbons (Fsp3) is 0.556. The van der Waals surface area contributed by atoms with Crippen molar-refractivity contribution >= 4 is 29.3 Å². The van der Waals surface area contributed by atoms with Crippen molar-refractivity contribution in [3.63, 3.8) is 0 Å². The Morgan fingerprint density at radius 1 is 1.31 bits per heavy atom. The van der Waals surface area contributed by atoms with E-state index in [0.717, 1.165) is 18.4 Å². The Balaban J connectivity index is 1.80. The standard InChI is InChI=1S/C18H26ClN3O4/c1-4-26-18(24)22-7-5-13(6-8-22)20-11-17(23)21-15-9-12(2)14(19)10-16(15)25-3/h9-10,13,20H,4-8,11H2,1-3H3,(H,21,23). The van der Waals surface area contributed by atoms with Gasteiger partial charge in [-0.3, -0.25) is 4.79 Å². The number of amides is 2. The molecule has 26 heavy (non-hydrogen) atoms. The van der Waals surface area contributed by atoms with Crippen LogP contribution < -0.4 is 15.4 Å². The zero-order valence-electron chi connectivity index (χ0n) is 15.4. The monoisotopic (exact) mass is 383 g/mol. The molecule has 0 aliphatic carbocycles. The van der Waals surface area contributed by atoms with Crippen LogP contribution in [0.1, 0.15) is 25.3 Å². The number of halogens is 1. The number of anilines is 1. The molecule has 0 radical (unpaired) electrons. The van der Waals surface area contributed by atoms with Crippen molar-refractivity contribution in [3.8, 4) is 5.75 Å². The average molecular weight is 384 g/mol. The van der Waals surface area contributed by atoms with Crippen LogP contribution in [0.5, 0.6) is 5.75 Å². The first-order valence-electron chi connectivity index (χ1n) is 8.73. The number of methoxy groups -OCH3 is 1. The molecule has 0 spiro atoms. The van der Waals surface area contributed by atoms with E-state index in [1.165, 1.54) is 7.11 Å². The number of rotatable bonds is 6. The summed E-state index contributed by atoms with van der Waals surface area (Å²) < 4.78 is 10.3. The molecule has 0 atom stereocenters. The SMILES string of the molecule is CCOC(=O)N1CCC(NCC(=O)Nc2cc(C)c(Cl)cc2OC)CC1. The highest BCUT2D eigenvalue weighted by Gasteiger charge is 2.23. The third-order valence-corrected chi connectivity index (χ3v) is 4.73. The Kier molecular flexibility index (Phi) is 7.53. The van der Waals surface area contributed by atoms with E-state index in [1.54, 1.807) is 24.0 Å². The number of carbonyl (C=O) groups is 2. The normalized spacial score (nSPS) is 14.8. The van der Waals surface area contributed by atoms with Gasteiger partial charge in [0.2, 0.25) is 5.91 Å². The number of nitrogens with zero attached hydrogens (tertiary/aromatic N) is 1. The zero-order valence-corrected chi connectivity index (χ0v) is 16.2.